The molecule has 0 saturated carbocycles. The van der Waals surface area contributed by atoms with Crippen molar-refractivity contribution < 1.29 is 14.4 Å². The van der Waals surface area contributed by atoms with Crippen molar-refractivity contribution >= 4 is 40.1 Å². The summed E-state index contributed by atoms with van der Waals surface area (Å²) in [5.74, 6) is -0.752. The number of rotatable bonds is 1. The quantitative estimate of drug-likeness (QED) is 0.577. The Morgan fingerprint density at radius 3 is 2.42 bits per heavy atom. The minimum absolute atomic E-state index is 0.00861. The summed E-state index contributed by atoms with van der Waals surface area (Å²) in [6.07, 6.45) is 0. The molecule has 0 aliphatic heterocycles. The molecule has 0 aromatic heterocycles. The second-order valence-electron chi connectivity index (χ2n) is 2.13. The van der Waals surface area contributed by atoms with Crippen LogP contribution in [0.1, 0.15) is 0 Å². The molecular formula is C6H4BBrClFO2. The van der Waals surface area contributed by atoms with Crippen molar-refractivity contribution in [1.29, 1.82) is 0 Å². The summed E-state index contributed by atoms with van der Waals surface area (Å²) < 4.78 is 13.2. The fraction of sp³-hybridized carbons (Fsp3) is 0. The van der Waals surface area contributed by atoms with E-state index in [0.29, 0.717) is 0 Å². The molecule has 0 heterocycles. The Kier molecular flexibility index (Phi) is 3.12. The van der Waals surface area contributed by atoms with Gasteiger partial charge < -0.3 is 10.0 Å². The number of benzene rings is 1. The predicted octanol–water partition coefficient (Wildman–Crippen LogP) is 0.921. The highest BCUT2D eigenvalue weighted by Crippen LogP contribution is 2.17. The zero-order valence-electron chi connectivity index (χ0n) is 5.76. The SMILES string of the molecule is OB(O)c1c(Cl)ccc(Br)c1F. The van der Waals surface area contributed by atoms with Crippen molar-refractivity contribution in [2.24, 2.45) is 0 Å². The molecule has 2 nitrogen and oxygen atoms in total. The zero-order chi connectivity index (χ0) is 9.30. The molecule has 0 radical (unpaired) electrons. The standard InChI is InChI=1S/C6H4BBrClFO2/c8-3-1-2-4(9)5(6(3)10)7(11)12/h1-2,11-12H. The first-order valence-electron chi connectivity index (χ1n) is 3.03. The molecule has 0 atom stereocenters. The molecule has 1 aromatic carbocycles. The first-order chi connectivity index (χ1) is 5.54. The van der Waals surface area contributed by atoms with Crippen LogP contribution in [0.5, 0.6) is 0 Å². The van der Waals surface area contributed by atoms with Crippen LogP contribution in [0.2, 0.25) is 5.02 Å². The van der Waals surface area contributed by atoms with Crippen LogP contribution in [0.3, 0.4) is 0 Å². The van der Waals surface area contributed by atoms with Crippen LogP contribution in [-0.2, 0) is 0 Å². The number of hydrogen-bond acceptors (Lipinski definition) is 2. The third-order valence-corrected chi connectivity index (χ3v) is 2.28. The van der Waals surface area contributed by atoms with Crippen molar-refractivity contribution in [2.45, 2.75) is 0 Å². The number of halogens is 3. The van der Waals surface area contributed by atoms with Gasteiger partial charge in [0.15, 0.2) is 0 Å². The predicted molar refractivity (Wildman–Crippen MR) is 48.9 cm³/mol. The van der Waals surface area contributed by atoms with Gasteiger partial charge in [0.1, 0.15) is 5.82 Å². The van der Waals surface area contributed by atoms with Crippen molar-refractivity contribution in [2.75, 3.05) is 0 Å². The van der Waals surface area contributed by atoms with E-state index < -0.39 is 12.9 Å². The molecule has 12 heavy (non-hydrogen) atoms. The molecule has 0 bridgehead atoms. The van der Waals surface area contributed by atoms with Crippen LogP contribution >= 0.6 is 27.5 Å². The summed E-state index contributed by atoms with van der Waals surface area (Å²) >= 11 is 8.41. The van der Waals surface area contributed by atoms with Gasteiger partial charge in [-0.15, -0.1) is 0 Å². The third-order valence-electron chi connectivity index (χ3n) is 1.34. The maximum atomic E-state index is 13.1. The summed E-state index contributed by atoms with van der Waals surface area (Å²) in [4.78, 5) is 0. The van der Waals surface area contributed by atoms with E-state index in [1.165, 1.54) is 12.1 Å². The normalized spacial score (nSPS) is 10.1. The topological polar surface area (TPSA) is 40.5 Å². The highest BCUT2D eigenvalue weighted by Gasteiger charge is 2.21. The van der Waals surface area contributed by atoms with Gasteiger partial charge in [-0.1, -0.05) is 11.6 Å². The fourth-order valence-electron chi connectivity index (χ4n) is 0.779. The van der Waals surface area contributed by atoms with Gasteiger partial charge in [-0.25, -0.2) is 4.39 Å². The van der Waals surface area contributed by atoms with Crippen LogP contribution in [-0.4, -0.2) is 17.2 Å². The Hall–Kier alpha value is -0.0951. The highest BCUT2D eigenvalue weighted by molar-refractivity contribution is 9.10. The van der Waals surface area contributed by atoms with E-state index in [4.69, 9.17) is 21.6 Å². The Morgan fingerprint density at radius 1 is 1.42 bits per heavy atom. The van der Waals surface area contributed by atoms with E-state index in [0.717, 1.165) is 0 Å². The smallest absolute Gasteiger partial charge is 0.423 e. The summed E-state index contributed by atoms with van der Waals surface area (Å²) in [5, 5.41) is 17.4. The zero-order valence-corrected chi connectivity index (χ0v) is 8.10. The van der Waals surface area contributed by atoms with Gasteiger partial charge in [0.25, 0.3) is 0 Å². The maximum Gasteiger partial charge on any atom is 0.493 e. The van der Waals surface area contributed by atoms with E-state index >= 15 is 0 Å². The Bertz CT molecular complexity index is 308. The average Bonchev–Trinajstić information content (AvgIpc) is 1.97. The Labute approximate surface area is 82.2 Å². The molecule has 0 saturated heterocycles. The van der Waals surface area contributed by atoms with Crippen molar-refractivity contribution in [1.82, 2.24) is 0 Å². The van der Waals surface area contributed by atoms with Gasteiger partial charge in [-0.2, -0.15) is 0 Å². The lowest BCUT2D eigenvalue weighted by Crippen LogP contribution is -2.34. The molecule has 2 N–H and O–H groups in total. The lowest BCUT2D eigenvalue weighted by molar-refractivity contribution is 0.423. The third kappa shape index (κ3) is 1.80. The Morgan fingerprint density at radius 2 is 2.00 bits per heavy atom. The summed E-state index contributed by atoms with van der Waals surface area (Å²) in [7, 11) is -1.89. The molecule has 1 aromatic rings. The first kappa shape index (κ1) is 9.99. The second kappa shape index (κ2) is 3.74. The molecule has 6 heteroatoms. The van der Waals surface area contributed by atoms with Crippen molar-refractivity contribution in [3.63, 3.8) is 0 Å². The number of hydrogen-bond donors (Lipinski definition) is 2. The summed E-state index contributed by atoms with van der Waals surface area (Å²) in [5.41, 5.74) is -0.314. The van der Waals surface area contributed by atoms with Crippen molar-refractivity contribution in [3.8, 4) is 0 Å². The molecule has 1 rings (SSSR count). The fourth-order valence-corrected chi connectivity index (χ4v) is 1.37. The van der Waals surface area contributed by atoms with Crippen LogP contribution in [0, 0.1) is 5.82 Å². The van der Waals surface area contributed by atoms with Gasteiger partial charge in [-0.3, -0.25) is 0 Å². The second-order valence-corrected chi connectivity index (χ2v) is 3.39. The van der Waals surface area contributed by atoms with E-state index in [1.807, 2.05) is 0 Å². The van der Waals surface area contributed by atoms with Gasteiger partial charge in [0.05, 0.1) is 4.47 Å². The Balaban J connectivity index is 3.33. The van der Waals surface area contributed by atoms with Gasteiger partial charge in [0, 0.05) is 10.5 Å². The van der Waals surface area contributed by atoms with Crippen LogP contribution in [0.15, 0.2) is 16.6 Å². The van der Waals surface area contributed by atoms with Crippen LogP contribution in [0.4, 0.5) is 4.39 Å². The van der Waals surface area contributed by atoms with Crippen LogP contribution in [0.25, 0.3) is 0 Å². The lowest BCUT2D eigenvalue weighted by atomic mass is 9.80. The lowest BCUT2D eigenvalue weighted by Gasteiger charge is -2.05. The summed E-state index contributed by atoms with van der Waals surface area (Å²) in [6, 6.07) is 2.77. The molecule has 0 aliphatic rings. The van der Waals surface area contributed by atoms with Gasteiger partial charge in [-0.05, 0) is 28.1 Å². The molecule has 0 unspecified atom stereocenters. The van der Waals surface area contributed by atoms with Gasteiger partial charge >= 0.3 is 7.12 Å². The molecule has 0 amide bonds. The minimum atomic E-state index is -1.89. The molecular weight excluding hydrogens is 249 g/mol. The van der Waals surface area contributed by atoms with E-state index in [9.17, 15) is 4.39 Å². The largest absolute Gasteiger partial charge is 0.493 e. The van der Waals surface area contributed by atoms with Crippen LogP contribution < -0.4 is 5.46 Å². The molecule has 0 spiro atoms. The molecule has 0 fully saturated rings. The maximum absolute atomic E-state index is 13.1. The van der Waals surface area contributed by atoms with Gasteiger partial charge in [0.2, 0.25) is 0 Å². The molecule has 0 aliphatic carbocycles. The highest BCUT2D eigenvalue weighted by atomic mass is 79.9. The summed E-state index contributed by atoms with van der Waals surface area (Å²) in [6.45, 7) is 0. The minimum Gasteiger partial charge on any atom is -0.423 e. The first-order valence-corrected chi connectivity index (χ1v) is 4.20. The monoisotopic (exact) mass is 252 g/mol. The average molecular weight is 253 g/mol. The van der Waals surface area contributed by atoms with Crippen molar-refractivity contribution in [3.05, 3.63) is 27.4 Å². The van der Waals surface area contributed by atoms with E-state index in [2.05, 4.69) is 15.9 Å². The van der Waals surface area contributed by atoms with E-state index in [1.54, 1.807) is 0 Å². The van der Waals surface area contributed by atoms with E-state index in [-0.39, 0.29) is 15.0 Å². The molecule has 64 valence electrons.